The lowest BCUT2D eigenvalue weighted by Crippen LogP contribution is -2.47. The Hall–Kier alpha value is -1.71. The van der Waals surface area contributed by atoms with Gasteiger partial charge in [-0.05, 0) is 49.8 Å². The normalized spacial score (nSPS) is 17.8. The Morgan fingerprint density at radius 3 is 2.30 bits per heavy atom. The largest absolute Gasteiger partial charge is 0.493 e. The molecule has 0 atom stereocenters. The molecule has 0 aliphatic heterocycles. The fourth-order valence-electron chi connectivity index (χ4n) is 4.76. The van der Waals surface area contributed by atoms with E-state index in [4.69, 9.17) is 9.47 Å². The Morgan fingerprint density at radius 2 is 1.70 bits per heavy atom. The molecule has 33 heavy (non-hydrogen) atoms. The maximum absolute atomic E-state index is 11.9. The minimum atomic E-state index is 0. The number of carbonyl (C=O) groups excluding carboxylic acids is 1. The second-order valence-electron chi connectivity index (χ2n) is 9.04. The molecule has 3 rings (SSSR count). The number of ether oxygens (including phenoxy) is 2. The van der Waals surface area contributed by atoms with Crippen LogP contribution in [0.25, 0.3) is 0 Å². The highest BCUT2D eigenvalue weighted by atomic mass is 127. The zero-order valence-electron chi connectivity index (χ0n) is 20.4. The van der Waals surface area contributed by atoms with Gasteiger partial charge < -0.3 is 25.4 Å². The molecular formula is C25H41IN4O3. The van der Waals surface area contributed by atoms with Gasteiger partial charge in [0.15, 0.2) is 17.5 Å². The minimum Gasteiger partial charge on any atom is -0.493 e. The van der Waals surface area contributed by atoms with Crippen LogP contribution in [-0.4, -0.2) is 52.8 Å². The monoisotopic (exact) mass is 572 g/mol. The Balaban J connectivity index is 0.00000385. The fourth-order valence-corrected chi connectivity index (χ4v) is 4.76. The van der Waals surface area contributed by atoms with Gasteiger partial charge in [0.2, 0.25) is 5.91 Å². The number of benzene rings is 1. The van der Waals surface area contributed by atoms with Crippen LogP contribution in [0.15, 0.2) is 23.2 Å². The van der Waals surface area contributed by atoms with Crippen molar-refractivity contribution in [2.45, 2.75) is 63.2 Å². The smallest absolute Gasteiger partial charge is 0.223 e. The molecule has 1 amide bonds. The molecule has 1 aromatic carbocycles. The van der Waals surface area contributed by atoms with E-state index in [0.717, 1.165) is 62.7 Å². The maximum Gasteiger partial charge on any atom is 0.223 e. The average Bonchev–Trinajstić information content (AvgIpc) is 2.79. The summed E-state index contributed by atoms with van der Waals surface area (Å²) in [6, 6.07) is 6.32. The van der Waals surface area contributed by atoms with Crippen LogP contribution < -0.4 is 25.4 Å². The Bertz CT molecular complexity index is 777. The summed E-state index contributed by atoms with van der Waals surface area (Å²) < 4.78 is 11.0. The van der Waals surface area contributed by atoms with Crippen LogP contribution in [-0.2, 0) is 10.2 Å². The zero-order valence-corrected chi connectivity index (χ0v) is 22.7. The first-order chi connectivity index (χ1) is 15.6. The Labute approximate surface area is 215 Å². The predicted octanol–water partition coefficient (Wildman–Crippen LogP) is 4.00. The average molecular weight is 573 g/mol. The van der Waals surface area contributed by atoms with Crippen molar-refractivity contribution in [2.24, 2.45) is 10.9 Å². The lowest BCUT2D eigenvalue weighted by Gasteiger charge is -2.38. The van der Waals surface area contributed by atoms with E-state index in [0.29, 0.717) is 6.54 Å². The molecule has 3 N–H and O–H groups in total. The molecule has 0 spiro atoms. The van der Waals surface area contributed by atoms with Gasteiger partial charge in [-0.1, -0.05) is 31.7 Å². The first-order valence-corrected chi connectivity index (χ1v) is 12.1. The third-order valence-electron chi connectivity index (χ3n) is 7.05. The van der Waals surface area contributed by atoms with E-state index in [1.54, 1.807) is 21.3 Å². The molecule has 2 saturated carbocycles. The number of nitrogens with one attached hydrogen (secondary N) is 3. The van der Waals surface area contributed by atoms with E-state index in [9.17, 15) is 4.79 Å². The molecule has 2 fully saturated rings. The minimum absolute atomic E-state index is 0. The summed E-state index contributed by atoms with van der Waals surface area (Å²) in [7, 11) is 5.16. The summed E-state index contributed by atoms with van der Waals surface area (Å²) >= 11 is 0. The molecule has 1 aromatic rings. The predicted molar refractivity (Wildman–Crippen MR) is 144 cm³/mol. The summed E-state index contributed by atoms with van der Waals surface area (Å²) in [5, 5.41) is 10.00. The summed E-state index contributed by atoms with van der Waals surface area (Å²) in [5.74, 6) is 2.81. The number of guanidine groups is 1. The Kier molecular flexibility index (Phi) is 11.6. The summed E-state index contributed by atoms with van der Waals surface area (Å²) in [6.07, 6.45) is 10.2. The van der Waals surface area contributed by atoms with Gasteiger partial charge in [0, 0.05) is 38.0 Å². The molecule has 0 radical (unpaired) electrons. The van der Waals surface area contributed by atoms with Gasteiger partial charge in [-0.25, -0.2) is 0 Å². The van der Waals surface area contributed by atoms with E-state index in [1.807, 2.05) is 6.07 Å². The summed E-state index contributed by atoms with van der Waals surface area (Å²) in [5.41, 5.74) is 1.34. The van der Waals surface area contributed by atoms with E-state index in [2.05, 4.69) is 33.1 Å². The number of hydrogen-bond donors (Lipinski definition) is 3. The van der Waals surface area contributed by atoms with Crippen LogP contribution in [0.1, 0.15) is 63.4 Å². The summed E-state index contributed by atoms with van der Waals surface area (Å²) in [4.78, 5) is 16.3. The molecular weight excluding hydrogens is 531 g/mol. The quantitative estimate of drug-likeness (QED) is 0.171. The molecule has 0 aromatic heterocycles. The van der Waals surface area contributed by atoms with Crippen molar-refractivity contribution in [3.8, 4) is 11.5 Å². The van der Waals surface area contributed by atoms with E-state index in [-0.39, 0.29) is 41.2 Å². The molecule has 2 aliphatic rings. The lowest BCUT2D eigenvalue weighted by atomic mass is 9.69. The molecule has 7 nitrogen and oxygen atoms in total. The number of halogens is 1. The van der Waals surface area contributed by atoms with Crippen molar-refractivity contribution in [1.29, 1.82) is 0 Å². The van der Waals surface area contributed by atoms with Crippen molar-refractivity contribution in [3.63, 3.8) is 0 Å². The fraction of sp³-hybridized carbons (Fsp3) is 0.680. The zero-order chi connectivity index (χ0) is 22.8. The van der Waals surface area contributed by atoms with Crippen molar-refractivity contribution in [3.05, 3.63) is 23.8 Å². The van der Waals surface area contributed by atoms with Gasteiger partial charge >= 0.3 is 0 Å². The van der Waals surface area contributed by atoms with Gasteiger partial charge in [0.1, 0.15) is 0 Å². The maximum atomic E-state index is 11.9. The lowest BCUT2D eigenvalue weighted by molar-refractivity contribution is -0.127. The molecule has 8 heteroatoms. The highest BCUT2D eigenvalue weighted by Crippen LogP contribution is 2.42. The van der Waals surface area contributed by atoms with Crippen LogP contribution >= 0.6 is 24.0 Å². The second kappa shape index (κ2) is 13.9. The highest BCUT2D eigenvalue weighted by molar-refractivity contribution is 14.0. The third-order valence-corrected chi connectivity index (χ3v) is 7.05. The van der Waals surface area contributed by atoms with Crippen LogP contribution in [0.4, 0.5) is 0 Å². The standard InChI is InChI=1S/C25H40N4O3.HI/c1-26-24(28-16-8-15-27-23(30)19-9-7-10-19)29-18-25(13-5-4-6-14-25)20-11-12-21(31-2)22(17-20)32-3;/h11-12,17,19H,4-10,13-16,18H2,1-3H3,(H,27,30)(H2,26,28,29);1H. The van der Waals surface area contributed by atoms with E-state index in [1.165, 1.54) is 31.2 Å². The number of aliphatic imine (C=N–C) groups is 1. The van der Waals surface area contributed by atoms with Crippen molar-refractivity contribution in [2.75, 3.05) is 40.9 Å². The van der Waals surface area contributed by atoms with E-state index < -0.39 is 0 Å². The SMILES string of the molecule is CN=C(NCCCNC(=O)C1CCC1)NCC1(c2ccc(OC)c(OC)c2)CCCCC1.I. The van der Waals surface area contributed by atoms with Crippen LogP contribution in [0.2, 0.25) is 0 Å². The van der Waals surface area contributed by atoms with Crippen molar-refractivity contribution in [1.82, 2.24) is 16.0 Å². The van der Waals surface area contributed by atoms with Crippen molar-refractivity contribution < 1.29 is 14.3 Å². The van der Waals surface area contributed by atoms with Gasteiger partial charge in [-0.2, -0.15) is 0 Å². The molecule has 0 heterocycles. The first-order valence-electron chi connectivity index (χ1n) is 12.1. The van der Waals surface area contributed by atoms with Gasteiger partial charge in [-0.3, -0.25) is 9.79 Å². The van der Waals surface area contributed by atoms with Crippen LogP contribution in [0, 0.1) is 5.92 Å². The number of nitrogens with zero attached hydrogens (tertiary/aromatic N) is 1. The topological polar surface area (TPSA) is 84.0 Å². The number of hydrogen-bond acceptors (Lipinski definition) is 4. The molecule has 0 saturated heterocycles. The third kappa shape index (κ3) is 7.39. The van der Waals surface area contributed by atoms with Gasteiger partial charge in [-0.15, -0.1) is 24.0 Å². The van der Waals surface area contributed by atoms with Crippen LogP contribution in [0.5, 0.6) is 11.5 Å². The molecule has 186 valence electrons. The number of amides is 1. The molecule has 2 aliphatic carbocycles. The highest BCUT2D eigenvalue weighted by Gasteiger charge is 2.34. The number of carbonyl (C=O) groups is 1. The first kappa shape index (κ1) is 27.5. The second-order valence-corrected chi connectivity index (χ2v) is 9.04. The van der Waals surface area contributed by atoms with Gasteiger partial charge in [0.25, 0.3) is 0 Å². The molecule has 0 bridgehead atoms. The summed E-state index contributed by atoms with van der Waals surface area (Å²) in [6.45, 7) is 2.30. The Morgan fingerprint density at radius 1 is 1.00 bits per heavy atom. The number of methoxy groups -OCH3 is 2. The van der Waals surface area contributed by atoms with Crippen LogP contribution in [0.3, 0.4) is 0 Å². The van der Waals surface area contributed by atoms with E-state index >= 15 is 0 Å². The van der Waals surface area contributed by atoms with Crippen molar-refractivity contribution >= 4 is 35.8 Å². The number of rotatable bonds is 10. The molecule has 0 unspecified atom stereocenters. The van der Waals surface area contributed by atoms with Gasteiger partial charge in [0.05, 0.1) is 14.2 Å².